The summed E-state index contributed by atoms with van der Waals surface area (Å²) in [4.78, 5) is 14.7. The minimum Gasteiger partial charge on any atom is -0.485 e. The molecule has 0 fully saturated rings. The summed E-state index contributed by atoms with van der Waals surface area (Å²) in [6.07, 6.45) is -0.960. The molecule has 2 aliphatic rings. The molecule has 2 atom stereocenters. The Balaban J connectivity index is 1.95. The summed E-state index contributed by atoms with van der Waals surface area (Å²) in [5.41, 5.74) is 3.99. The number of amidine groups is 1. The lowest BCUT2D eigenvalue weighted by atomic mass is 9.76. The molecule has 9 heteroatoms. The molecule has 2 aromatic rings. The Kier molecular flexibility index (Phi) is 4.26. The molecule has 0 amide bonds. The van der Waals surface area contributed by atoms with Crippen LogP contribution in [0.1, 0.15) is 23.7 Å². The molecule has 28 heavy (non-hydrogen) atoms. The van der Waals surface area contributed by atoms with Crippen LogP contribution in [-0.2, 0) is 10.3 Å². The maximum atomic E-state index is 15.4. The molecule has 2 aliphatic heterocycles. The fourth-order valence-electron chi connectivity index (χ4n) is 3.70. The quantitative estimate of drug-likeness (QED) is 0.627. The van der Waals surface area contributed by atoms with Crippen molar-refractivity contribution in [3.8, 4) is 5.75 Å². The molecule has 1 spiro atoms. The summed E-state index contributed by atoms with van der Waals surface area (Å²) in [6.45, 7) is -1.14. The first-order valence-electron chi connectivity index (χ1n) is 8.63. The van der Waals surface area contributed by atoms with Crippen LogP contribution in [0.2, 0.25) is 0 Å². The number of halogens is 2. The Bertz CT molecular complexity index is 951. The fraction of sp³-hybridized carbons (Fsp3) is 0.316. The molecular formula is C19H17F2N3O4. The van der Waals surface area contributed by atoms with Crippen molar-refractivity contribution in [2.45, 2.75) is 24.0 Å². The number of non-ortho nitro benzene ring substituents is 1. The van der Waals surface area contributed by atoms with Gasteiger partial charge in [-0.25, -0.2) is 8.78 Å². The SMILES string of the molecule is NC1=NC2(CC(c3ccccc3)Oc3ccc([N+](=O)[O-])cc32)C(F)(F)COC1. The first-order valence-corrected chi connectivity index (χ1v) is 8.63. The lowest BCUT2D eigenvalue weighted by molar-refractivity contribution is -0.385. The molecule has 0 aliphatic carbocycles. The third-order valence-corrected chi connectivity index (χ3v) is 5.01. The van der Waals surface area contributed by atoms with Gasteiger partial charge in [0.1, 0.15) is 30.9 Å². The topological polar surface area (TPSA) is 100.0 Å². The third-order valence-electron chi connectivity index (χ3n) is 5.01. The zero-order valence-corrected chi connectivity index (χ0v) is 14.7. The lowest BCUT2D eigenvalue weighted by Gasteiger charge is -2.43. The fourth-order valence-corrected chi connectivity index (χ4v) is 3.70. The first kappa shape index (κ1) is 18.3. The van der Waals surface area contributed by atoms with Crippen molar-refractivity contribution in [3.05, 3.63) is 69.8 Å². The van der Waals surface area contributed by atoms with Crippen molar-refractivity contribution in [1.29, 1.82) is 0 Å². The van der Waals surface area contributed by atoms with Crippen molar-refractivity contribution < 1.29 is 23.2 Å². The van der Waals surface area contributed by atoms with Crippen LogP contribution < -0.4 is 10.5 Å². The summed E-state index contributed by atoms with van der Waals surface area (Å²) in [5.74, 6) is -3.43. The Labute approximate surface area is 158 Å². The normalized spacial score (nSPS) is 25.9. The standard InChI is InChI=1S/C19H17F2N3O4/c20-19(21)11-27-10-17(22)23-18(19)9-16(12-4-2-1-3-5-12)28-15-7-6-13(24(25)26)8-14(15)18/h1-8,16H,9-11H2,(H2,22,23). The number of nitro benzene ring substituents is 1. The molecule has 4 rings (SSSR count). The van der Waals surface area contributed by atoms with Gasteiger partial charge in [0, 0.05) is 24.1 Å². The number of rotatable bonds is 2. The molecule has 0 saturated heterocycles. The number of hydrogen-bond acceptors (Lipinski definition) is 6. The van der Waals surface area contributed by atoms with Crippen molar-refractivity contribution in [2.75, 3.05) is 13.2 Å². The predicted octanol–water partition coefficient (Wildman–Crippen LogP) is 3.34. The number of nitrogens with zero attached hydrogens (tertiary/aromatic N) is 2. The molecule has 146 valence electrons. The number of nitro groups is 1. The van der Waals surface area contributed by atoms with Gasteiger partial charge < -0.3 is 15.2 Å². The summed E-state index contributed by atoms with van der Waals surface area (Å²) >= 11 is 0. The maximum Gasteiger partial charge on any atom is 0.299 e. The number of nitrogens with two attached hydrogens (primary N) is 1. The molecule has 2 unspecified atom stereocenters. The van der Waals surface area contributed by atoms with E-state index in [9.17, 15) is 10.1 Å². The highest BCUT2D eigenvalue weighted by molar-refractivity contribution is 5.82. The van der Waals surface area contributed by atoms with E-state index >= 15 is 8.78 Å². The molecule has 2 N–H and O–H groups in total. The van der Waals surface area contributed by atoms with Gasteiger partial charge in [-0.1, -0.05) is 30.3 Å². The van der Waals surface area contributed by atoms with Gasteiger partial charge in [0.25, 0.3) is 11.6 Å². The molecule has 0 radical (unpaired) electrons. The van der Waals surface area contributed by atoms with Gasteiger partial charge in [-0.3, -0.25) is 15.1 Å². The monoisotopic (exact) mass is 389 g/mol. The Morgan fingerprint density at radius 1 is 1.21 bits per heavy atom. The van der Waals surface area contributed by atoms with E-state index in [-0.39, 0.29) is 35.9 Å². The number of aliphatic imine (C=N–C) groups is 1. The van der Waals surface area contributed by atoms with Gasteiger partial charge in [0.15, 0.2) is 5.54 Å². The smallest absolute Gasteiger partial charge is 0.299 e. The number of hydrogen-bond donors (Lipinski definition) is 1. The Hall–Kier alpha value is -3.07. The van der Waals surface area contributed by atoms with Crippen LogP contribution in [0, 0.1) is 10.1 Å². The summed E-state index contributed by atoms with van der Waals surface area (Å²) < 4.78 is 41.7. The average Bonchev–Trinajstić information content (AvgIpc) is 2.78. The van der Waals surface area contributed by atoms with Gasteiger partial charge in [-0.15, -0.1) is 0 Å². The van der Waals surface area contributed by atoms with E-state index in [1.807, 2.05) is 6.07 Å². The van der Waals surface area contributed by atoms with E-state index in [2.05, 4.69) is 4.99 Å². The molecular weight excluding hydrogens is 372 g/mol. The van der Waals surface area contributed by atoms with Crippen LogP contribution >= 0.6 is 0 Å². The van der Waals surface area contributed by atoms with Crippen LogP contribution in [0.3, 0.4) is 0 Å². The van der Waals surface area contributed by atoms with Gasteiger partial charge in [0.2, 0.25) is 0 Å². The zero-order chi connectivity index (χ0) is 19.9. The van der Waals surface area contributed by atoms with Crippen molar-refractivity contribution >= 4 is 11.5 Å². The van der Waals surface area contributed by atoms with Gasteiger partial charge in [-0.05, 0) is 11.6 Å². The number of alkyl halides is 2. The third kappa shape index (κ3) is 2.88. The van der Waals surface area contributed by atoms with Crippen LogP contribution in [0.4, 0.5) is 14.5 Å². The lowest BCUT2D eigenvalue weighted by Crippen LogP contribution is -2.50. The van der Waals surface area contributed by atoms with E-state index in [0.717, 1.165) is 6.07 Å². The van der Waals surface area contributed by atoms with Gasteiger partial charge in [-0.2, -0.15) is 0 Å². The highest BCUT2D eigenvalue weighted by atomic mass is 19.3. The van der Waals surface area contributed by atoms with E-state index in [1.54, 1.807) is 24.3 Å². The minimum atomic E-state index is -3.45. The second kappa shape index (κ2) is 6.52. The second-order valence-corrected chi connectivity index (χ2v) is 6.82. The number of fused-ring (bicyclic) bond motifs is 2. The average molecular weight is 389 g/mol. The molecule has 2 heterocycles. The van der Waals surface area contributed by atoms with Crippen molar-refractivity contribution in [2.24, 2.45) is 10.7 Å². The van der Waals surface area contributed by atoms with Crippen LogP contribution in [-0.4, -0.2) is 29.9 Å². The summed E-state index contributed by atoms with van der Waals surface area (Å²) in [6, 6.07) is 12.6. The minimum absolute atomic E-state index is 0.0627. The van der Waals surface area contributed by atoms with Crippen LogP contribution in [0.25, 0.3) is 0 Å². The van der Waals surface area contributed by atoms with Crippen molar-refractivity contribution in [1.82, 2.24) is 0 Å². The summed E-state index contributed by atoms with van der Waals surface area (Å²) in [7, 11) is 0. The van der Waals surface area contributed by atoms with E-state index in [4.69, 9.17) is 15.2 Å². The number of ether oxygens (including phenoxy) is 2. The zero-order valence-electron chi connectivity index (χ0n) is 14.7. The highest BCUT2D eigenvalue weighted by Crippen LogP contribution is 2.55. The highest BCUT2D eigenvalue weighted by Gasteiger charge is 2.61. The van der Waals surface area contributed by atoms with E-state index in [0.29, 0.717) is 5.56 Å². The molecule has 7 nitrogen and oxygen atoms in total. The summed E-state index contributed by atoms with van der Waals surface area (Å²) in [5, 5.41) is 11.2. The maximum absolute atomic E-state index is 15.4. The van der Waals surface area contributed by atoms with Crippen molar-refractivity contribution in [3.63, 3.8) is 0 Å². The first-order chi connectivity index (χ1) is 13.3. The molecule has 0 bridgehead atoms. The van der Waals surface area contributed by atoms with Gasteiger partial charge in [0.05, 0.1) is 4.92 Å². The molecule has 0 aromatic heterocycles. The Morgan fingerprint density at radius 3 is 2.68 bits per heavy atom. The molecule has 0 saturated carbocycles. The largest absolute Gasteiger partial charge is 0.485 e. The van der Waals surface area contributed by atoms with Crippen LogP contribution in [0.5, 0.6) is 5.75 Å². The number of benzene rings is 2. The van der Waals surface area contributed by atoms with Crippen LogP contribution in [0.15, 0.2) is 53.5 Å². The predicted molar refractivity (Wildman–Crippen MR) is 96.6 cm³/mol. The molecule has 2 aromatic carbocycles. The Morgan fingerprint density at radius 2 is 1.96 bits per heavy atom. The van der Waals surface area contributed by atoms with E-state index in [1.165, 1.54) is 12.1 Å². The van der Waals surface area contributed by atoms with E-state index < -0.39 is 29.1 Å². The van der Waals surface area contributed by atoms with Gasteiger partial charge >= 0.3 is 0 Å². The second-order valence-electron chi connectivity index (χ2n) is 6.82.